The summed E-state index contributed by atoms with van der Waals surface area (Å²) in [5.74, 6) is 1.24. The molecule has 130 valence electrons. The van der Waals surface area contributed by atoms with Gasteiger partial charge in [-0.15, -0.1) is 12.4 Å². The van der Waals surface area contributed by atoms with Gasteiger partial charge in [0.15, 0.2) is 6.61 Å². The summed E-state index contributed by atoms with van der Waals surface area (Å²) in [4.78, 5) is 11.5. The van der Waals surface area contributed by atoms with Gasteiger partial charge >= 0.3 is 0 Å². The Morgan fingerprint density at radius 1 is 0.958 bits per heavy atom. The van der Waals surface area contributed by atoms with Gasteiger partial charge in [-0.3, -0.25) is 4.79 Å². The average molecular weight is 351 g/mol. The van der Waals surface area contributed by atoms with E-state index in [0.29, 0.717) is 25.4 Å². The van der Waals surface area contributed by atoms with Crippen molar-refractivity contribution in [2.45, 2.75) is 13.0 Å². The number of rotatable bonds is 9. The highest BCUT2D eigenvalue weighted by Crippen LogP contribution is 2.18. The van der Waals surface area contributed by atoms with Gasteiger partial charge in [0.1, 0.15) is 18.1 Å². The van der Waals surface area contributed by atoms with E-state index in [-0.39, 0.29) is 24.9 Å². The molecule has 0 heterocycles. The molecule has 0 spiro atoms. The zero-order chi connectivity index (χ0) is 16.3. The summed E-state index contributed by atoms with van der Waals surface area (Å²) in [7, 11) is 0. The Morgan fingerprint density at radius 2 is 1.58 bits per heavy atom. The van der Waals surface area contributed by atoms with Gasteiger partial charge in [-0.2, -0.15) is 0 Å². The van der Waals surface area contributed by atoms with Gasteiger partial charge in [-0.05, 0) is 42.8 Å². The second-order valence-electron chi connectivity index (χ2n) is 5.03. The number of hydrogen-bond acceptors (Lipinski definition) is 4. The van der Waals surface area contributed by atoms with E-state index < -0.39 is 0 Å². The molecule has 0 aromatic heterocycles. The topological polar surface area (TPSA) is 73.6 Å². The van der Waals surface area contributed by atoms with Crippen LogP contribution in [0.25, 0.3) is 0 Å². The monoisotopic (exact) mass is 350 g/mol. The first-order valence-corrected chi connectivity index (χ1v) is 7.64. The largest absolute Gasteiger partial charge is 0.489 e. The fourth-order valence-corrected chi connectivity index (χ4v) is 1.90. The lowest BCUT2D eigenvalue weighted by molar-refractivity contribution is -0.123. The lowest BCUT2D eigenvalue weighted by Gasteiger charge is -2.09. The van der Waals surface area contributed by atoms with Crippen LogP contribution in [0.15, 0.2) is 54.6 Å². The average Bonchev–Trinajstić information content (AvgIpc) is 2.60. The molecule has 5 nitrogen and oxygen atoms in total. The molecule has 0 saturated heterocycles. The highest BCUT2D eigenvalue weighted by Gasteiger charge is 2.02. The van der Waals surface area contributed by atoms with Crippen LogP contribution in [0.2, 0.25) is 0 Å². The number of hydrogen-bond donors (Lipinski definition) is 2. The predicted octanol–water partition coefficient (Wildman–Crippen LogP) is 2.53. The SMILES string of the molecule is Cl.NCCCNC(=O)COc1ccc(OCc2ccccc2)cc1. The minimum atomic E-state index is -0.150. The number of halogens is 1. The van der Waals surface area contributed by atoms with Crippen molar-refractivity contribution in [2.75, 3.05) is 19.7 Å². The number of nitrogens with one attached hydrogen (secondary N) is 1. The Bertz CT molecular complexity index is 591. The molecule has 24 heavy (non-hydrogen) atoms. The van der Waals surface area contributed by atoms with Crippen LogP contribution in [-0.4, -0.2) is 25.6 Å². The predicted molar refractivity (Wildman–Crippen MR) is 96.6 cm³/mol. The molecule has 0 unspecified atom stereocenters. The van der Waals surface area contributed by atoms with E-state index >= 15 is 0 Å². The summed E-state index contributed by atoms with van der Waals surface area (Å²) in [6.45, 7) is 1.65. The first-order valence-electron chi connectivity index (χ1n) is 7.64. The highest BCUT2D eigenvalue weighted by molar-refractivity contribution is 5.85. The quantitative estimate of drug-likeness (QED) is 0.681. The molecular weight excluding hydrogens is 328 g/mol. The Balaban J connectivity index is 0.00000288. The zero-order valence-electron chi connectivity index (χ0n) is 13.4. The molecule has 0 atom stereocenters. The molecule has 2 aromatic rings. The van der Waals surface area contributed by atoms with Crippen molar-refractivity contribution in [3.05, 3.63) is 60.2 Å². The highest BCUT2D eigenvalue weighted by atomic mass is 35.5. The molecule has 2 aromatic carbocycles. The maximum absolute atomic E-state index is 11.5. The molecule has 1 amide bonds. The third-order valence-electron chi connectivity index (χ3n) is 3.15. The second-order valence-corrected chi connectivity index (χ2v) is 5.03. The van der Waals surface area contributed by atoms with Crippen molar-refractivity contribution in [1.82, 2.24) is 5.32 Å². The van der Waals surface area contributed by atoms with Gasteiger partial charge in [0, 0.05) is 6.54 Å². The number of nitrogens with two attached hydrogens (primary N) is 1. The summed E-state index contributed by atoms with van der Waals surface area (Å²) in [6, 6.07) is 17.2. The van der Waals surface area contributed by atoms with E-state index in [1.165, 1.54) is 0 Å². The molecule has 2 rings (SSSR count). The summed E-state index contributed by atoms with van der Waals surface area (Å²) in [5, 5.41) is 2.74. The normalized spacial score (nSPS) is 9.71. The molecule has 0 saturated carbocycles. The van der Waals surface area contributed by atoms with Crippen molar-refractivity contribution < 1.29 is 14.3 Å². The van der Waals surface area contributed by atoms with E-state index in [1.807, 2.05) is 42.5 Å². The minimum Gasteiger partial charge on any atom is -0.489 e. The Labute approximate surface area is 148 Å². The molecule has 3 N–H and O–H groups in total. The maximum Gasteiger partial charge on any atom is 0.257 e. The van der Waals surface area contributed by atoms with Crippen LogP contribution < -0.4 is 20.5 Å². The Kier molecular flexibility index (Phi) is 9.34. The van der Waals surface area contributed by atoms with Crippen LogP contribution in [0.3, 0.4) is 0 Å². The van der Waals surface area contributed by atoms with Gasteiger partial charge < -0.3 is 20.5 Å². The van der Waals surface area contributed by atoms with E-state index in [2.05, 4.69) is 5.32 Å². The molecule has 0 fully saturated rings. The smallest absolute Gasteiger partial charge is 0.257 e. The zero-order valence-corrected chi connectivity index (χ0v) is 14.3. The lowest BCUT2D eigenvalue weighted by Crippen LogP contribution is -2.30. The van der Waals surface area contributed by atoms with Gasteiger partial charge in [0.05, 0.1) is 0 Å². The Morgan fingerprint density at radius 3 is 2.21 bits per heavy atom. The molecule has 6 heteroatoms. The fourth-order valence-electron chi connectivity index (χ4n) is 1.90. The van der Waals surface area contributed by atoms with Crippen molar-refractivity contribution >= 4 is 18.3 Å². The third-order valence-corrected chi connectivity index (χ3v) is 3.15. The van der Waals surface area contributed by atoms with E-state index in [4.69, 9.17) is 15.2 Å². The fraction of sp³-hybridized carbons (Fsp3) is 0.278. The van der Waals surface area contributed by atoms with Crippen molar-refractivity contribution in [2.24, 2.45) is 5.73 Å². The molecule has 0 aliphatic heterocycles. The van der Waals surface area contributed by atoms with Crippen LogP contribution in [0, 0.1) is 0 Å². The number of benzene rings is 2. The second kappa shape index (κ2) is 11.3. The van der Waals surface area contributed by atoms with Gasteiger partial charge in [0.25, 0.3) is 5.91 Å². The number of carbonyl (C=O) groups is 1. The maximum atomic E-state index is 11.5. The van der Waals surface area contributed by atoms with Crippen LogP contribution >= 0.6 is 12.4 Å². The molecular formula is C18H23ClN2O3. The van der Waals surface area contributed by atoms with Gasteiger partial charge in [-0.25, -0.2) is 0 Å². The first kappa shape index (κ1) is 19.8. The van der Waals surface area contributed by atoms with E-state index in [0.717, 1.165) is 17.7 Å². The van der Waals surface area contributed by atoms with Gasteiger partial charge in [-0.1, -0.05) is 30.3 Å². The molecule has 0 bridgehead atoms. The van der Waals surface area contributed by atoms with Crippen molar-refractivity contribution in [1.29, 1.82) is 0 Å². The van der Waals surface area contributed by atoms with Crippen LogP contribution in [0.5, 0.6) is 11.5 Å². The number of carbonyl (C=O) groups excluding carboxylic acids is 1. The summed E-state index contributed by atoms with van der Waals surface area (Å²) in [6.07, 6.45) is 0.763. The molecule has 0 radical (unpaired) electrons. The summed E-state index contributed by atoms with van der Waals surface area (Å²) < 4.78 is 11.1. The molecule has 0 aliphatic carbocycles. The van der Waals surface area contributed by atoms with Crippen LogP contribution in [0.1, 0.15) is 12.0 Å². The standard InChI is InChI=1S/C18H22N2O3.ClH/c19-11-4-12-20-18(21)14-23-17-9-7-16(8-10-17)22-13-15-5-2-1-3-6-15;/h1-3,5-10H,4,11-14,19H2,(H,20,21);1H. The lowest BCUT2D eigenvalue weighted by atomic mass is 10.2. The van der Waals surface area contributed by atoms with Crippen molar-refractivity contribution in [3.8, 4) is 11.5 Å². The Hall–Kier alpha value is -2.24. The van der Waals surface area contributed by atoms with Crippen LogP contribution in [0.4, 0.5) is 0 Å². The summed E-state index contributed by atoms with van der Waals surface area (Å²) in [5.41, 5.74) is 6.47. The van der Waals surface area contributed by atoms with Crippen LogP contribution in [-0.2, 0) is 11.4 Å². The van der Waals surface area contributed by atoms with Crippen molar-refractivity contribution in [3.63, 3.8) is 0 Å². The summed E-state index contributed by atoms with van der Waals surface area (Å²) >= 11 is 0. The van der Waals surface area contributed by atoms with E-state index in [1.54, 1.807) is 12.1 Å². The third kappa shape index (κ3) is 7.35. The molecule has 0 aliphatic rings. The van der Waals surface area contributed by atoms with Gasteiger partial charge in [0.2, 0.25) is 0 Å². The first-order chi connectivity index (χ1) is 11.3. The number of ether oxygens (including phenoxy) is 2. The number of amides is 1. The minimum absolute atomic E-state index is 0. The van der Waals surface area contributed by atoms with E-state index in [9.17, 15) is 4.79 Å².